The highest BCUT2D eigenvalue weighted by Crippen LogP contribution is 2.33. The number of benzene rings is 1. The normalized spacial score (nSPS) is 16.6. The average Bonchev–Trinajstić information content (AvgIpc) is 3.11. The second-order valence-electron chi connectivity index (χ2n) is 6.13. The number of aryl methyl sites for hydroxylation is 1. The van der Waals surface area contributed by atoms with Crippen molar-refractivity contribution in [1.29, 1.82) is 0 Å². The summed E-state index contributed by atoms with van der Waals surface area (Å²) in [5, 5.41) is 3.06. The first-order valence-electron chi connectivity index (χ1n) is 8.07. The lowest BCUT2D eigenvalue weighted by molar-refractivity contribution is 0.0958. The van der Waals surface area contributed by atoms with Crippen molar-refractivity contribution in [3.8, 4) is 0 Å². The molecule has 126 valence electrons. The zero-order valence-electron chi connectivity index (χ0n) is 13.6. The molecule has 1 atom stereocenters. The predicted octanol–water partition coefficient (Wildman–Crippen LogP) is 4.17. The van der Waals surface area contributed by atoms with E-state index in [-0.39, 0.29) is 17.5 Å². The summed E-state index contributed by atoms with van der Waals surface area (Å²) in [6, 6.07) is 9.67. The molecule has 0 spiro atoms. The largest absolute Gasteiger partial charge is 0.469 e. The molecule has 0 saturated carbocycles. The van der Waals surface area contributed by atoms with Crippen LogP contribution in [0.25, 0.3) is 0 Å². The van der Waals surface area contributed by atoms with Gasteiger partial charge in [0.25, 0.3) is 0 Å². The highest BCUT2D eigenvalue weighted by molar-refractivity contribution is 5.99. The summed E-state index contributed by atoms with van der Waals surface area (Å²) < 4.78 is 18.5. The summed E-state index contributed by atoms with van der Waals surface area (Å²) >= 11 is 0. The number of carbonyl (C=O) groups excluding carboxylic acids is 1. The fourth-order valence-electron chi connectivity index (χ4n) is 3.22. The molecular weight excluding hydrogens is 321 g/mol. The zero-order chi connectivity index (χ0) is 17.4. The standard InChI is InChI=1S/C19H16FN3O2/c1-11-18-15(9-12(10-16(18)24)17-3-2-8-25-17)23-19(21-11)22-14-6-4-13(20)5-7-14/h2-8,12H,9-10H2,1H3,(H,21,22,23)/t12-/m1/s1. The molecule has 1 aliphatic carbocycles. The van der Waals surface area contributed by atoms with Crippen LogP contribution in [0.4, 0.5) is 16.0 Å². The maximum Gasteiger partial charge on any atom is 0.227 e. The minimum atomic E-state index is -0.306. The SMILES string of the molecule is Cc1nc(Nc2ccc(F)cc2)nc2c1C(=O)C[C@H](c1ccco1)C2. The van der Waals surface area contributed by atoms with E-state index in [9.17, 15) is 9.18 Å². The summed E-state index contributed by atoms with van der Waals surface area (Å²) in [5.74, 6) is 0.912. The van der Waals surface area contributed by atoms with Crippen molar-refractivity contribution >= 4 is 17.4 Å². The van der Waals surface area contributed by atoms with E-state index in [0.29, 0.717) is 35.7 Å². The van der Waals surface area contributed by atoms with E-state index >= 15 is 0 Å². The molecule has 0 bridgehead atoms. The number of rotatable bonds is 3. The van der Waals surface area contributed by atoms with Gasteiger partial charge in [-0.3, -0.25) is 4.79 Å². The highest BCUT2D eigenvalue weighted by Gasteiger charge is 2.31. The molecule has 0 radical (unpaired) electrons. The van der Waals surface area contributed by atoms with Gasteiger partial charge >= 0.3 is 0 Å². The molecule has 2 aromatic heterocycles. The van der Waals surface area contributed by atoms with E-state index in [1.54, 1.807) is 18.4 Å². The van der Waals surface area contributed by atoms with Crippen molar-refractivity contribution in [2.24, 2.45) is 0 Å². The van der Waals surface area contributed by atoms with Crippen molar-refractivity contribution in [1.82, 2.24) is 9.97 Å². The number of furan rings is 1. The number of ketones is 1. The van der Waals surface area contributed by atoms with Crippen LogP contribution in [-0.4, -0.2) is 15.8 Å². The first-order chi connectivity index (χ1) is 12.1. The summed E-state index contributed by atoms with van der Waals surface area (Å²) in [6.45, 7) is 1.81. The van der Waals surface area contributed by atoms with Crippen LogP contribution in [0, 0.1) is 12.7 Å². The molecule has 1 aromatic carbocycles. The number of carbonyl (C=O) groups is 1. The minimum absolute atomic E-state index is 0.0111. The topological polar surface area (TPSA) is 68.0 Å². The van der Waals surface area contributed by atoms with E-state index in [2.05, 4.69) is 15.3 Å². The summed E-state index contributed by atoms with van der Waals surface area (Å²) in [5.41, 5.74) is 2.66. The lowest BCUT2D eigenvalue weighted by Crippen LogP contribution is -2.22. The second kappa shape index (κ2) is 6.12. The van der Waals surface area contributed by atoms with Crippen LogP contribution in [0.15, 0.2) is 47.1 Å². The Hall–Kier alpha value is -3.02. The lowest BCUT2D eigenvalue weighted by Gasteiger charge is -2.23. The second-order valence-corrected chi connectivity index (χ2v) is 6.13. The Kier molecular flexibility index (Phi) is 3.80. The van der Waals surface area contributed by atoms with Crippen molar-refractivity contribution in [2.75, 3.05) is 5.32 Å². The fraction of sp³-hybridized carbons (Fsp3) is 0.211. The molecule has 3 aromatic rings. The van der Waals surface area contributed by atoms with Gasteiger partial charge in [0.15, 0.2) is 5.78 Å². The van der Waals surface area contributed by atoms with Crippen LogP contribution in [0.1, 0.15) is 39.8 Å². The van der Waals surface area contributed by atoms with Gasteiger partial charge in [-0.2, -0.15) is 0 Å². The predicted molar refractivity (Wildman–Crippen MR) is 90.6 cm³/mol. The molecule has 25 heavy (non-hydrogen) atoms. The average molecular weight is 337 g/mol. The Bertz CT molecular complexity index is 921. The number of aromatic nitrogens is 2. The fourth-order valence-corrected chi connectivity index (χ4v) is 3.22. The number of Topliss-reactive ketones (excluding diaryl/α,β-unsaturated/α-hetero) is 1. The molecule has 0 saturated heterocycles. The Morgan fingerprint density at radius 1 is 1.16 bits per heavy atom. The Morgan fingerprint density at radius 2 is 1.96 bits per heavy atom. The third kappa shape index (κ3) is 3.03. The van der Waals surface area contributed by atoms with E-state index in [1.807, 2.05) is 19.1 Å². The van der Waals surface area contributed by atoms with E-state index < -0.39 is 0 Å². The molecule has 1 aliphatic rings. The van der Waals surface area contributed by atoms with Gasteiger partial charge in [0.1, 0.15) is 11.6 Å². The van der Waals surface area contributed by atoms with Gasteiger partial charge < -0.3 is 9.73 Å². The number of anilines is 2. The quantitative estimate of drug-likeness (QED) is 0.777. The maximum absolute atomic E-state index is 13.0. The van der Waals surface area contributed by atoms with Crippen LogP contribution in [0.5, 0.6) is 0 Å². The van der Waals surface area contributed by atoms with Crippen LogP contribution in [-0.2, 0) is 6.42 Å². The minimum Gasteiger partial charge on any atom is -0.469 e. The third-order valence-electron chi connectivity index (χ3n) is 4.36. The monoisotopic (exact) mass is 337 g/mol. The zero-order valence-corrected chi connectivity index (χ0v) is 13.6. The van der Waals surface area contributed by atoms with Gasteiger partial charge in [-0.15, -0.1) is 0 Å². The van der Waals surface area contributed by atoms with Crippen LogP contribution in [0.2, 0.25) is 0 Å². The van der Waals surface area contributed by atoms with E-state index in [4.69, 9.17) is 4.42 Å². The van der Waals surface area contributed by atoms with Crippen molar-refractivity contribution in [3.63, 3.8) is 0 Å². The molecule has 4 rings (SSSR count). The van der Waals surface area contributed by atoms with Crippen LogP contribution in [0.3, 0.4) is 0 Å². The molecular formula is C19H16FN3O2. The number of hydrogen-bond acceptors (Lipinski definition) is 5. The van der Waals surface area contributed by atoms with Gasteiger partial charge in [0, 0.05) is 24.4 Å². The molecule has 6 heteroatoms. The Labute approximate surface area is 143 Å². The molecule has 0 aliphatic heterocycles. The summed E-state index contributed by atoms with van der Waals surface area (Å²) in [4.78, 5) is 21.4. The first kappa shape index (κ1) is 15.5. The number of nitrogens with one attached hydrogen (secondary N) is 1. The van der Waals surface area contributed by atoms with Crippen molar-refractivity contribution in [2.45, 2.75) is 25.7 Å². The Balaban J connectivity index is 1.66. The lowest BCUT2D eigenvalue weighted by atomic mass is 9.84. The highest BCUT2D eigenvalue weighted by atomic mass is 19.1. The van der Waals surface area contributed by atoms with E-state index in [1.165, 1.54) is 12.1 Å². The van der Waals surface area contributed by atoms with Gasteiger partial charge in [0.05, 0.1) is 23.2 Å². The van der Waals surface area contributed by atoms with Crippen molar-refractivity contribution in [3.05, 3.63) is 71.2 Å². The number of nitrogens with zero attached hydrogens (tertiary/aromatic N) is 2. The first-order valence-corrected chi connectivity index (χ1v) is 8.07. The summed E-state index contributed by atoms with van der Waals surface area (Å²) in [7, 11) is 0. The van der Waals surface area contributed by atoms with Gasteiger partial charge in [-0.25, -0.2) is 14.4 Å². The van der Waals surface area contributed by atoms with Gasteiger partial charge in [-0.1, -0.05) is 0 Å². The number of hydrogen-bond donors (Lipinski definition) is 1. The molecule has 0 fully saturated rings. The van der Waals surface area contributed by atoms with Gasteiger partial charge in [-0.05, 0) is 43.3 Å². The van der Waals surface area contributed by atoms with Gasteiger partial charge in [0.2, 0.25) is 5.95 Å². The van der Waals surface area contributed by atoms with E-state index in [0.717, 1.165) is 11.5 Å². The Morgan fingerprint density at radius 3 is 2.68 bits per heavy atom. The smallest absolute Gasteiger partial charge is 0.227 e. The van der Waals surface area contributed by atoms with Crippen LogP contribution >= 0.6 is 0 Å². The molecule has 0 amide bonds. The molecule has 0 unspecified atom stereocenters. The third-order valence-corrected chi connectivity index (χ3v) is 4.36. The number of halogens is 1. The maximum atomic E-state index is 13.0. The molecule has 5 nitrogen and oxygen atoms in total. The molecule has 1 N–H and O–H groups in total. The summed E-state index contributed by atoms with van der Waals surface area (Å²) in [6.07, 6.45) is 2.63. The van der Waals surface area contributed by atoms with Crippen molar-refractivity contribution < 1.29 is 13.6 Å². The molecule has 2 heterocycles. The number of fused-ring (bicyclic) bond motifs is 1. The van der Waals surface area contributed by atoms with Crippen LogP contribution < -0.4 is 5.32 Å².